The van der Waals surface area contributed by atoms with Crippen LogP contribution in [0.2, 0.25) is 0 Å². The van der Waals surface area contributed by atoms with Crippen molar-refractivity contribution in [2.45, 2.75) is 32.2 Å². The Morgan fingerprint density at radius 1 is 1.28 bits per heavy atom. The van der Waals surface area contributed by atoms with Gasteiger partial charge < -0.3 is 30.2 Å². The van der Waals surface area contributed by atoms with E-state index in [0.717, 1.165) is 0 Å². The van der Waals surface area contributed by atoms with E-state index in [4.69, 9.17) is 25.7 Å². The summed E-state index contributed by atoms with van der Waals surface area (Å²) in [6.07, 6.45) is -1.53. The molecule has 0 bridgehead atoms. The molecular weight excluding hydrogens is 330 g/mol. The number of hydrogen-bond donors (Lipinski definition) is 2. The highest BCUT2D eigenvalue weighted by atomic mass is 16.5. The van der Waals surface area contributed by atoms with E-state index in [-0.39, 0.29) is 35.0 Å². The van der Waals surface area contributed by atoms with Crippen molar-refractivity contribution in [3.63, 3.8) is 0 Å². The minimum atomic E-state index is -0.988. The number of hydrogen-bond acceptors (Lipinski definition) is 7. The van der Waals surface area contributed by atoms with Gasteiger partial charge in [-0.25, -0.2) is 4.79 Å². The molecule has 9 heteroatoms. The molecule has 0 spiro atoms. The number of primary amides is 1. The average Bonchev–Trinajstić information content (AvgIpc) is 3.04. The third kappa shape index (κ3) is 2.35. The minimum absolute atomic E-state index is 0.0274. The van der Waals surface area contributed by atoms with Crippen LogP contribution in [0.4, 0.5) is 4.79 Å². The smallest absolute Gasteiger partial charge is 0.404 e. The van der Waals surface area contributed by atoms with Crippen LogP contribution in [0.15, 0.2) is 11.3 Å². The summed E-state index contributed by atoms with van der Waals surface area (Å²) in [5.41, 5.74) is 12.7. The number of nitrogens with two attached hydrogens (primary N) is 2. The maximum atomic E-state index is 12.9. The van der Waals surface area contributed by atoms with Gasteiger partial charge in [-0.05, 0) is 6.92 Å². The number of fused-ring (bicyclic) bond motifs is 3. The zero-order valence-electron chi connectivity index (χ0n) is 14.1. The summed E-state index contributed by atoms with van der Waals surface area (Å²) in [6.45, 7) is 1.58. The van der Waals surface area contributed by atoms with Gasteiger partial charge in [0.05, 0.1) is 24.4 Å². The van der Waals surface area contributed by atoms with E-state index in [9.17, 15) is 14.4 Å². The van der Waals surface area contributed by atoms with Gasteiger partial charge in [0.25, 0.3) is 0 Å². The molecule has 2 heterocycles. The number of Topliss-reactive ketones (excluding diaryl/α,β-unsaturated/α-hetero) is 2. The summed E-state index contributed by atoms with van der Waals surface area (Å²) in [7, 11) is 2.81. The molecule has 0 unspecified atom stereocenters. The quantitative estimate of drug-likeness (QED) is 0.803. The fourth-order valence-corrected chi connectivity index (χ4v) is 3.58. The lowest BCUT2D eigenvalue weighted by Gasteiger charge is -2.19. The molecule has 9 nitrogen and oxygen atoms in total. The minimum Gasteiger partial charge on any atom is -0.492 e. The van der Waals surface area contributed by atoms with Gasteiger partial charge in [-0.3, -0.25) is 9.59 Å². The van der Waals surface area contributed by atoms with Gasteiger partial charge in [0.2, 0.25) is 11.6 Å². The molecule has 1 aromatic rings. The number of aromatic nitrogens is 1. The van der Waals surface area contributed by atoms with Crippen LogP contribution < -0.4 is 11.5 Å². The van der Waals surface area contributed by atoms with Crippen LogP contribution in [0.5, 0.6) is 0 Å². The number of methoxy groups -OCH3 is 2. The Morgan fingerprint density at radius 3 is 2.52 bits per heavy atom. The third-order valence-corrected chi connectivity index (χ3v) is 4.61. The highest BCUT2D eigenvalue weighted by Crippen LogP contribution is 2.41. The van der Waals surface area contributed by atoms with E-state index < -0.39 is 24.0 Å². The monoisotopic (exact) mass is 349 g/mol. The molecule has 2 aliphatic rings. The summed E-state index contributed by atoms with van der Waals surface area (Å²) < 4.78 is 17.1. The Labute approximate surface area is 143 Å². The normalized spacial score (nSPS) is 22.1. The van der Waals surface area contributed by atoms with Gasteiger partial charge in [0.1, 0.15) is 18.4 Å². The van der Waals surface area contributed by atoms with Gasteiger partial charge >= 0.3 is 6.09 Å². The highest BCUT2D eigenvalue weighted by Gasteiger charge is 2.44. The van der Waals surface area contributed by atoms with Crippen molar-refractivity contribution >= 4 is 17.7 Å². The molecule has 1 aromatic heterocycles. The summed E-state index contributed by atoms with van der Waals surface area (Å²) in [5, 5.41) is 0. The zero-order valence-corrected chi connectivity index (χ0v) is 14.1. The standard InChI is InChI=1S/C16H19N3O6/c1-6-12(20)11-9(13(21)14(6)23-2)7(5-25-16(18)22)10-15(24-3)8(17)4-19(10)11/h8,15H,4-5,17H2,1-3H3,(H2,18,22)/t8-,15-/m0/s1. The predicted octanol–water partition coefficient (Wildman–Crippen LogP) is 0.411. The first-order valence-electron chi connectivity index (χ1n) is 7.63. The number of ketones is 2. The zero-order chi connectivity index (χ0) is 18.5. The number of carbonyl (C=O) groups excluding carboxylic acids is 3. The average molecular weight is 349 g/mol. The second-order valence-electron chi connectivity index (χ2n) is 5.94. The number of nitrogens with zero attached hydrogens (tertiary/aromatic N) is 1. The molecule has 0 saturated heterocycles. The molecule has 1 amide bonds. The van der Waals surface area contributed by atoms with E-state index >= 15 is 0 Å². The van der Waals surface area contributed by atoms with Crippen molar-refractivity contribution in [3.05, 3.63) is 33.8 Å². The molecule has 4 N–H and O–H groups in total. The summed E-state index contributed by atoms with van der Waals surface area (Å²) >= 11 is 0. The van der Waals surface area contributed by atoms with Gasteiger partial charge in [-0.2, -0.15) is 0 Å². The Morgan fingerprint density at radius 2 is 1.96 bits per heavy atom. The lowest BCUT2D eigenvalue weighted by Crippen LogP contribution is -2.30. The lowest BCUT2D eigenvalue weighted by atomic mass is 9.90. The Kier molecular flexibility index (Phi) is 4.13. The maximum Gasteiger partial charge on any atom is 0.404 e. The summed E-state index contributed by atoms with van der Waals surface area (Å²) in [6, 6.07) is -0.395. The Hall–Kier alpha value is -2.65. The molecule has 0 fully saturated rings. The number of amides is 1. The molecule has 1 aliphatic heterocycles. The van der Waals surface area contributed by atoms with Gasteiger partial charge in [-0.15, -0.1) is 0 Å². The Bertz CT molecular complexity index is 822. The van der Waals surface area contributed by atoms with Crippen molar-refractivity contribution in [2.24, 2.45) is 11.5 Å². The molecule has 0 saturated carbocycles. The van der Waals surface area contributed by atoms with Crippen molar-refractivity contribution < 1.29 is 28.6 Å². The number of ether oxygens (including phenoxy) is 3. The van der Waals surface area contributed by atoms with Crippen LogP contribution in [0.25, 0.3) is 0 Å². The second-order valence-corrected chi connectivity index (χ2v) is 5.94. The van der Waals surface area contributed by atoms with E-state index in [0.29, 0.717) is 17.8 Å². The summed E-state index contributed by atoms with van der Waals surface area (Å²) in [5.74, 6) is -0.801. The molecule has 134 valence electrons. The van der Waals surface area contributed by atoms with Gasteiger partial charge in [0.15, 0.2) is 5.76 Å². The highest BCUT2D eigenvalue weighted by molar-refractivity contribution is 6.26. The molecular formula is C16H19N3O6. The van der Waals surface area contributed by atoms with Gasteiger partial charge in [0, 0.05) is 24.8 Å². The van der Waals surface area contributed by atoms with Crippen molar-refractivity contribution in [1.29, 1.82) is 0 Å². The first-order chi connectivity index (χ1) is 11.8. The van der Waals surface area contributed by atoms with Crippen LogP contribution in [0.1, 0.15) is 45.1 Å². The molecule has 3 rings (SSSR count). The van der Waals surface area contributed by atoms with Crippen LogP contribution >= 0.6 is 0 Å². The fraction of sp³-hybridized carbons (Fsp3) is 0.438. The largest absolute Gasteiger partial charge is 0.492 e. The van der Waals surface area contributed by atoms with Crippen molar-refractivity contribution in [1.82, 2.24) is 4.57 Å². The van der Waals surface area contributed by atoms with E-state index in [1.54, 1.807) is 4.57 Å². The lowest BCUT2D eigenvalue weighted by molar-refractivity contribution is 0.0862. The van der Waals surface area contributed by atoms with Gasteiger partial charge in [-0.1, -0.05) is 0 Å². The SMILES string of the molecule is COC1=C(C)C(=O)c2c(c(COC(N)=O)c3n2C[C@H](N)[C@@H]3OC)C1=O. The predicted molar refractivity (Wildman–Crippen MR) is 84.9 cm³/mol. The van der Waals surface area contributed by atoms with Crippen molar-refractivity contribution in [3.8, 4) is 0 Å². The number of rotatable bonds is 4. The van der Waals surface area contributed by atoms with Crippen LogP contribution in [0.3, 0.4) is 0 Å². The van der Waals surface area contributed by atoms with E-state index in [2.05, 4.69) is 0 Å². The topological polar surface area (TPSA) is 136 Å². The first kappa shape index (κ1) is 17.2. The summed E-state index contributed by atoms with van der Waals surface area (Å²) in [4.78, 5) is 36.7. The molecule has 0 aromatic carbocycles. The molecule has 1 aliphatic carbocycles. The van der Waals surface area contributed by atoms with Crippen LogP contribution in [-0.2, 0) is 27.4 Å². The molecule has 0 radical (unpaired) electrons. The van der Waals surface area contributed by atoms with E-state index in [1.807, 2.05) is 0 Å². The molecule has 2 atom stereocenters. The third-order valence-electron chi connectivity index (χ3n) is 4.61. The Balaban J connectivity index is 2.25. The second kappa shape index (κ2) is 6.01. The maximum absolute atomic E-state index is 12.9. The fourth-order valence-electron chi connectivity index (χ4n) is 3.58. The number of allylic oxidation sites excluding steroid dienone is 2. The van der Waals surface area contributed by atoms with E-state index in [1.165, 1.54) is 21.1 Å². The first-order valence-corrected chi connectivity index (χ1v) is 7.63. The molecule has 25 heavy (non-hydrogen) atoms. The van der Waals surface area contributed by atoms with Crippen molar-refractivity contribution in [2.75, 3.05) is 14.2 Å². The van der Waals surface area contributed by atoms with Crippen LogP contribution in [0, 0.1) is 0 Å². The van der Waals surface area contributed by atoms with Crippen LogP contribution in [-0.4, -0.2) is 42.5 Å². The number of carbonyl (C=O) groups is 3.